The van der Waals surface area contributed by atoms with Gasteiger partial charge in [-0.1, -0.05) is 61.7 Å². The highest BCUT2D eigenvalue weighted by Crippen LogP contribution is 2.32. The van der Waals surface area contributed by atoms with Gasteiger partial charge in [-0.3, -0.25) is 4.79 Å². The van der Waals surface area contributed by atoms with E-state index in [2.05, 4.69) is 4.72 Å². The number of hydrogen-bond acceptors (Lipinski definition) is 3. The van der Waals surface area contributed by atoms with E-state index in [0.717, 1.165) is 24.0 Å². The van der Waals surface area contributed by atoms with E-state index in [1.807, 2.05) is 18.2 Å². The summed E-state index contributed by atoms with van der Waals surface area (Å²) < 4.78 is 27.6. The summed E-state index contributed by atoms with van der Waals surface area (Å²) in [6, 6.07) is 14.6. The van der Waals surface area contributed by atoms with Gasteiger partial charge in [0.2, 0.25) is 10.0 Å². The Kier molecular flexibility index (Phi) is 6.29. The van der Waals surface area contributed by atoms with Crippen LogP contribution in [0.3, 0.4) is 0 Å². The van der Waals surface area contributed by atoms with Gasteiger partial charge in [-0.15, -0.1) is 0 Å². The molecule has 0 saturated heterocycles. The maximum atomic E-state index is 12.7. The van der Waals surface area contributed by atoms with Crippen molar-refractivity contribution < 1.29 is 18.3 Å². The largest absolute Gasteiger partial charge is 0.480 e. The Morgan fingerprint density at radius 2 is 1.63 bits per heavy atom. The zero-order valence-corrected chi connectivity index (χ0v) is 16.0. The van der Waals surface area contributed by atoms with Crippen LogP contribution in [0.1, 0.15) is 49.1 Å². The molecular formula is C21H25NO4S. The Labute approximate surface area is 160 Å². The number of aliphatic carboxylic acids is 1. The molecule has 0 heterocycles. The van der Waals surface area contributed by atoms with Crippen LogP contribution in [0, 0.1) is 0 Å². The zero-order chi connectivity index (χ0) is 19.3. The molecule has 3 rings (SSSR count). The summed E-state index contributed by atoms with van der Waals surface area (Å²) in [5.41, 5.74) is 1.92. The Balaban J connectivity index is 1.73. The fourth-order valence-electron chi connectivity index (χ4n) is 3.64. The van der Waals surface area contributed by atoms with Crippen molar-refractivity contribution in [2.75, 3.05) is 0 Å². The van der Waals surface area contributed by atoms with Gasteiger partial charge in [-0.25, -0.2) is 8.42 Å². The average Bonchev–Trinajstić information content (AvgIpc) is 2.69. The maximum Gasteiger partial charge on any atom is 0.322 e. The fraction of sp³-hybridized carbons (Fsp3) is 0.381. The van der Waals surface area contributed by atoms with Crippen LogP contribution in [0.25, 0.3) is 0 Å². The molecule has 0 spiro atoms. The van der Waals surface area contributed by atoms with Crippen molar-refractivity contribution in [2.45, 2.75) is 55.4 Å². The lowest BCUT2D eigenvalue weighted by atomic mass is 9.84. The molecule has 1 aliphatic rings. The number of carboxylic acid groups (broad SMARTS) is 1. The zero-order valence-electron chi connectivity index (χ0n) is 15.2. The lowest BCUT2D eigenvalue weighted by Gasteiger charge is -2.22. The van der Waals surface area contributed by atoms with Gasteiger partial charge in [0.15, 0.2) is 0 Å². The molecule has 2 aromatic rings. The summed E-state index contributed by atoms with van der Waals surface area (Å²) in [4.78, 5) is 11.6. The molecular weight excluding hydrogens is 362 g/mol. The number of benzene rings is 2. The lowest BCUT2D eigenvalue weighted by molar-refractivity contribution is -0.138. The van der Waals surface area contributed by atoms with Crippen LogP contribution in [-0.4, -0.2) is 25.5 Å². The van der Waals surface area contributed by atoms with E-state index in [0.29, 0.717) is 5.92 Å². The number of carboxylic acids is 1. The first-order valence-corrected chi connectivity index (χ1v) is 10.8. The molecule has 0 radical (unpaired) electrons. The van der Waals surface area contributed by atoms with Gasteiger partial charge >= 0.3 is 5.97 Å². The summed E-state index contributed by atoms with van der Waals surface area (Å²) in [5.74, 6) is -0.699. The van der Waals surface area contributed by atoms with Crippen LogP contribution in [-0.2, 0) is 21.2 Å². The van der Waals surface area contributed by atoms with Crippen molar-refractivity contribution in [1.82, 2.24) is 4.72 Å². The monoisotopic (exact) mass is 387 g/mol. The predicted octanol–water partition coefficient (Wildman–Crippen LogP) is 3.71. The van der Waals surface area contributed by atoms with E-state index in [-0.39, 0.29) is 11.3 Å². The maximum absolute atomic E-state index is 12.7. The van der Waals surface area contributed by atoms with Crippen LogP contribution in [0.2, 0.25) is 0 Å². The highest BCUT2D eigenvalue weighted by Gasteiger charge is 2.26. The van der Waals surface area contributed by atoms with Gasteiger partial charge in [0.05, 0.1) is 4.90 Å². The van der Waals surface area contributed by atoms with E-state index < -0.39 is 22.0 Å². The normalized spacial score (nSPS) is 16.7. The Morgan fingerprint density at radius 1 is 1.00 bits per heavy atom. The molecule has 1 unspecified atom stereocenters. The minimum atomic E-state index is -3.90. The molecule has 5 nitrogen and oxygen atoms in total. The van der Waals surface area contributed by atoms with Gasteiger partial charge in [-0.05, 0) is 48.4 Å². The molecule has 0 aromatic heterocycles. The third kappa shape index (κ3) is 5.17. The smallest absolute Gasteiger partial charge is 0.322 e. The van der Waals surface area contributed by atoms with E-state index in [4.69, 9.17) is 0 Å². The average molecular weight is 388 g/mol. The lowest BCUT2D eigenvalue weighted by Crippen LogP contribution is -2.42. The summed E-state index contributed by atoms with van der Waals surface area (Å²) >= 11 is 0. The molecule has 6 heteroatoms. The van der Waals surface area contributed by atoms with E-state index in [1.165, 1.54) is 19.3 Å². The molecule has 1 aliphatic carbocycles. The minimum absolute atomic E-state index is 0.0928. The molecule has 1 atom stereocenters. The molecule has 27 heavy (non-hydrogen) atoms. The highest BCUT2D eigenvalue weighted by molar-refractivity contribution is 7.89. The van der Waals surface area contributed by atoms with Gasteiger partial charge in [0.1, 0.15) is 6.04 Å². The van der Waals surface area contributed by atoms with Crippen LogP contribution >= 0.6 is 0 Å². The second kappa shape index (κ2) is 8.67. The van der Waals surface area contributed by atoms with E-state index >= 15 is 0 Å². The Bertz CT molecular complexity index is 857. The first-order valence-electron chi connectivity index (χ1n) is 9.35. The van der Waals surface area contributed by atoms with Crippen LogP contribution in [0.4, 0.5) is 0 Å². The van der Waals surface area contributed by atoms with Gasteiger partial charge in [0.25, 0.3) is 0 Å². The SMILES string of the molecule is O=C(O)C(Cc1ccccc1)NS(=O)(=O)c1ccc(C2CCCCC2)cc1. The molecule has 144 valence electrons. The van der Waals surface area contributed by atoms with Crippen molar-refractivity contribution >= 4 is 16.0 Å². The number of sulfonamides is 1. The number of nitrogens with one attached hydrogen (secondary N) is 1. The van der Waals surface area contributed by atoms with Crippen molar-refractivity contribution in [3.63, 3.8) is 0 Å². The number of rotatable bonds is 7. The van der Waals surface area contributed by atoms with E-state index in [9.17, 15) is 18.3 Å². The Hall–Kier alpha value is -2.18. The van der Waals surface area contributed by atoms with Crippen molar-refractivity contribution in [3.05, 3.63) is 65.7 Å². The molecule has 0 bridgehead atoms. The van der Waals surface area contributed by atoms with Crippen molar-refractivity contribution in [1.29, 1.82) is 0 Å². The topological polar surface area (TPSA) is 83.5 Å². The van der Waals surface area contributed by atoms with E-state index in [1.54, 1.807) is 36.4 Å². The summed E-state index contributed by atoms with van der Waals surface area (Å²) in [5, 5.41) is 9.43. The van der Waals surface area contributed by atoms with Crippen LogP contribution in [0.5, 0.6) is 0 Å². The van der Waals surface area contributed by atoms with Gasteiger partial charge in [0, 0.05) is 0 Å². The fourth-order valence-corrected chi connectivity index (χ4v) is 4.83. The summed E-state index contributed by atoms with van der Waals surface area (Å²) in [7, 11) is -3.90. The molecule has 1 saturated carbocycles. The highest BCUT2D eigenvalue weighted by atomic mass is 32.2. The Morgan fingerprint density at radius 3 is 2.22 bits per heavy atom. The molecule has 1 fully saturated rings. The van der Waals surface area contributed by atoms with Crippen LogP contribution < -0.4 is 4.72 Å². The molecule has 2 aromatic carbocycles. The molecule has 0 amide bonds. The third-order valence-electron chi connectivity index (χ3n) is 5.15. The third-order valence-corrected chi connectivity index (χ3v) is 6.63. The standard InChI is InChI=1S/C21H25NO4S/c23-21(24)20(15-16-7-3-1-4-8-16)22-27(25,26)19-13-11-18(12-14-19)17-9-5-2-6-10-17/h1,3-4,7-8,11-14,17,20,22H,2,5-6,9-10,15H2,(H,23,24). The molecule has 2 N–H and O–H groups in total. The second-order valence-corrected chi connectivity index (χ2v) is 8.82. The van der Waals surface area contributed by atoms with Gasteiger partial charge in [-0.2, -0.15) is 4.72 Å². The first-order chi connectivity index (χ1) is 13.0. The predicted molar refractivity (Wildman–Crippen MR) is 104 cm³/mol. The summed E-state index contributed by atoms with van der Waals surface area (Å²) in [6.45, 7) is 0. The summed E-state index contributed by atoms with van der Waals surface area (Å²) in [6.07, 6.45) is 6.07. The quantitative estimate of drug-likeness (QED) is 0.759. The number of hydrogen-bond donors (Lipinski definition) is 2. The minimum Gasteiger partial charge on any atom is -0.480 e. The van der Waals surface area contributed by atoms with Crippen molar-refractivity contribution in [2.24, 2.45) is 0 Å². The van der Waals surface area contributed by atoms with Gasteiger partial charge < -0.3 is 5.11 Å². The second-order valence-electron chi connectivity index (χ2n) is 7.11. The van der Waals surface area contributed by atoms with Crippen LogP contribution in [0.15, 0.2) is 59.5 Å². The first kappa shape index (κ1) is 19.6. The molecule has 0 aliphatic heterocycles. The van der Waals surface area contributed by atoms with Crippen molar-refractivity contribution in [3.8, 4) is 0 Å². The number of carbonyl (C=O) groups is 1.